The second-order valence-electron chi connectivity index (χ2n) is 6.30. The third kappa shape index (κ3) is 2.29. The minimum Gasteiger partial charge on any atom is -0.473 e. The first-order chi connectivity index (χ1) is 9.83. The van der Waals surface area contributed by atoms with Gasteiger partial charge in [-0.3, -0.25) is 9.88 Å². The molecule has 5 nitrogen and oxygen atoms in total. The maximum absolute atomic E-state index is 6.06. The van der Waals surface area contributed by atoms with Gasteiger partial charge in [-0.05, 0) is 12.8 Å². The zero-order valence-corrected chi connectivity index (χ0v) is 11.7. The predicted molar refractivity (Wildman–Crippen MR) is 73.6 cm³/mol. The molecule has 2 aliphatic heterocycles. The van der Waals surface area contributed by atoms with E-state index in [1.807, 2.05) is 0 Å². The van der Waals surface area contributed by atoms with Crippen molar-refractivity contribution in [2.24, 2.45) is 0 Å². The molecule has 3 heterocycles. The van der Waals surface area contributed by atoms with E-state index in [2.05, 4.69) is 14.9 Å². The highest BCUT2D eigenvalue weighted by Crippen LogP contribution is 2.39. The Kier molecular flexibility index (Phi) is 3.11. The standard InChI is InChI=1S/C15H21N3O2/c1-2-12(3-1)18-10-15(11-18)8-13(4-7-19-15)20-14-9-16-5-6-17-14/h5-6,9,12-13H,1-4,7-8,10-11H2/t13-/m0/s1. The summed E-state index contributed by atoms with van der Waals surface area (Å²) in [5.41, 5.74) is 0.0424. The van der Waals surface area contributed by atoms with Crippen LogP contribution in [0.15, 0.2) is 18.6 Å². The summed E-state index contributed by atoms with van der Waals surface area (Å²) in [6.07, 6.45) is 11.3. The summed E-state index contributed by atoms with van der Waals surface area (Å²) in [6, 6.07) is 0.825. The first-order valence-electron chi connectivity index (χ1n) is 7.64. The second-order valence-corrected chi connectivity index (χ2v) is 6.30. The van der Waals surface area contributed by atoms with E-state index in [0.717, 1.165) is 38.6 Å². The Balaban J connectivity index is 1.34. The van der Waals surface area contributed by atoms with Crippen LogP contribution in [0.25, 0.3) is 0 Å². The van der Waals surface area contributed by atoms with Crippen molar-refractivity contribution < 1.29 is 9.47 Å². The first-order valence-corrected chi connectivity index (χ1v) is 7.64. The van der Waals surface area contributed by atoms with E-state index in [1.54, 1.807) is 18.6 Å². The van der Waals surface area contributed by atoms with Gasteiger partial charge in [0, 0.05) is 44.4 Å². The summed E-state index contributed by atoms with van der Waals surface area (Å²) in [7, 11) is 0. The molecular weight excluding hydrogens is 254 g/mol. The maximum atomic E-state index is 6.06. The van der Waals surface area contributed by atoms with Crippen molar-refractivity contribution in [3.63, 3.8) is 0 Å². The lowest BCUT2D eigenvalue weighted by Crippen LogP contribution is -2.69. The van der Waals surface area contributed by atoms with Gasteiger partial charge in [-0.15, -0.1) is 0 Å². The molecule has 1 saturated carbocycles. The molecule has 0 bridgehead atoms. The summed E-state index contributed by atoms with van der Waals surface area (Å²) >= 11 is 0. The van der Waals surface area contributed by atoms with Gasteiger partial charge >= 0.3 is 0 Å². The van der Waals surface area contributed by atoms with E-state index in [-0.39, 0.29) is 11.7 Å². The van der Waals surface area contributed by atoms with Crippen molar-refractivity contribution in [2.45, 2.75) is 49.9 Å². The molecule has 1 aromatic heterocycles. The SMILES string of the molecule is c1cnc(O[C@H]2CCOC3(C2)CN(C2CCC2)C3)cn1. The molecule has 3 fully saturated rings. The van der Waals surface area contributed by atoms with Gasteiger partial charge in [-0.1, -0.05) is 6.42 Å². The van der Waals surface area contributed by atoms with Crippen molar-refractivity contribution in [3.8, 4) is 5.88 Å². The molecule has 5 heteroatoms. The van der Waals surface area contributed by atoms with Crippen LogP contribution < -0.4 is 4.74 Å². The molecule has 1 atom stereocenters. The Labute approximate surface area is 119 Å². The number of ether oxygens (including phenoxy) is 2. The molecule has 1 aliphatic carbocycles. The highest BCUT2D eigenvalue weighted by Gasteiger charge is 2.50. The van der Waals surface area contributed by atoms with Crippen LogP contribution in [-0.2, 0) is 4.74 Å². The van der Waals surface area contributed by atoms with Gasteiger partial charge in [-0.25, -0.2) is 4.98 Å². The Morgan fingerprint density at radius 2 is 2.15 bits per heavy atom. The van der Waals surface area contributed by atoms with Gasteiger partial charge < -0.3 is 9.47 Å². The number of rotatable bonds is 3. The topological polar surface area (TPSA) is 47.5 Å². The van der Waals surface area contributed by atoms with Crippen LogP contribution in [0.5, 0.6) is 5.88 Å². The van der Waals surface area contributed by atoms with Crippen molar-refractivity contribution in [3.05, 3.63) is 18.6 Å². The molecule has 20 heavy (non-hydrogen) atoms. The molecule has 0 unspecified atom stereocenters. The smallest absolute Gasteiger partial charge is 0.232 e. The van der Waals surface area contributed by atoms with Crippen LogP contribution in [0.2, 0.25) is 0 Å². The highest BCUT2D eigenvalue weighted by atomic mass is 16.5. The molecule has 1 spiro atoms. The minimum atomic E-state index is 0.0424. The van der Waals surface area contributed by atoms with E-state index in [1.165, 1.54) is 19.3 Å². The van der Waals surface area contributed by atoms with Crippen LogP contribution in [0.1, 0.15) is 32.1 Å². The highest BCUT2D eigenvalue weighted by molar-refractivity contribution is 5.07. The van der Waals surface area contributed by atoms with Gasteiger partial charge in [0.25, 0.3) is 0 Å². The Morgan fingerprint density at radius 3 is 2.85 bits per heavy atom. The van der Waals surface area contributed by atoms with Crippen LogP contribution in [0.3, 0.4) is 0 Å². The molecule has 0 N–H and O–H groups in total. The third-order valence-electron chi connectivity index (χ3n) is 4.85. The zero-order valence-electron chi connectivity index (χ0n) is 11.7. The number of hydrogen-bond acceptors (Lipinski definition) is 5. The number of aromatic nitrogens is 2. The molecule has 4 rings (SSSR count). The van der Waals surface area contributed by atoms with E-state index in [0.29, 0.717) is 5.88 Å². The largest absolute Gasteiger partial charge is 0.473 e. The van der Waals surface area contributed by atoms with Gasteiger partial charge in [-0.2, -0.15) is 0 Å². The maximum Gasteiger partial charge on any atom is 0.232 e. The molecule has 0 aromatic carbocycles. The fraction of sp³-hybridized carbons (Fsp3) is 0.733. The lowest BCUT2D eigenvalue weighted by molar-refractivity contribution is -0.200. The monoisotopic (exact) mass is 275 g/mol. The van der Waals surface area contributed by atoms with Gasteiger partial charge in [0.2, 0.25) is 5.88 Å². The van der Waals surface area contributed by atoms with E-state index in [9.17, 15) is 0 Å². The predicted octanol–water partition coefficient (Wildman–Crippen LogP) is 1.64. The van der Waals surface area contributed by atoms with Crippen LogP contribution >= 0.6 is 0 Å². The van der Waals surface area contributed by atoms with Gasteiger partial charge in [0.1, 0.15) is 6.10 Å². The van der Waals surface area contributed by atoms with Gasteiger partial charge in [0.05, 0.1) is 18.4 Å². The van der Waals surface area contributed by atoms with Gasteiger partial charge in [0.15, 0.2) is 0 Å². The van der Waals surface area contributed by atoms with Crippen molar-refractivity contribution in [1.29, 1.82) is 0 Å². The van der Waals surface area contributed by atoms with E-state index >= 15 is 0 Å². The number of nitrogens with zero attached hydrogens (tertiary/aromatic N) is 3. The molecular formula is C15H21N3O2. The van der Waals surface area contributed by atoms with Crippen LogP contribution in [0, 0.1) is 0 Å². The average molecular weight is 275 g/mol. The molecule has 2 saturated heterocycles. The fourth-order valence-corrected chi connectivity index (χ4v) is 3.52. The third-order valence-corrected chi connectivity index (χ3v) is 4.85. The zero-order chi connectivity index (χ0) is 13.4. The molecule has 0 amide bonds. The second kappa shape index (κ2) is 4.97. The molecule has 1 aromatic rings. The fourth-order valence-electron chi connectivity index (χ4n) is 3.52. The van der Waals surface area contributed by atoms with Crippen LogP contribution in [0.4, 0.5) is 0 Å². The molecule has 3 aliphatic rings. The average Bonchev–Trinajstić information content (AvgIpc) is 2.37. The minimum absolute atomic E-state index is 0.0424. The summed E-state index contributed by atoms with van der Waals surface area (Å²) < 4.78 is 12.0. The lowest BCUT2D eigenvalue weighted by Gasteiger charge is -2.57. The summed E-state index contributed by atoms with van der Waals surface area (Å²) in [5.74, 6) is 0.629. The molecule has 0 radical (unpaired) electrons. The number of hydrogen-bond donors (Lipinski definition) is 0. The summed E-state index contributed by atoms with van der Waals surface area (Å²) in [5, 5.41) is 0. The summed E-state index contributed by atoms with van der Waals surface area (Å²) in [4.78, 5) is 10.8. The first kappa shape index (κ1) is 12.5. The number of likely N-dealkylation sites (tertiary alicyclic amines) is 1. The molecule has 108 valence electrons. The Hall–Kier alpha value is -1.20. The van der Waals surface area contributed by atoms with Crippen molar-refractivity contribution >= 4 is 0 Å². The lowest BCUT2D eigenvalue weighted by atomic mass is 9.80. The summed E-state index contributed by atoms with van der Waals surface area (Å²) in [6.45, 7) is 2.96. The Bertz CT molecular complexity index is 457. The normalized spacial score (nSPS) is 29.7. The van der Waals surface area contributed by atoms with Crippen LogP contribution in [-0.4, -0.2) is 52.3 Å². The van der Waals surface area contributed by atoms with Crippen molar-refractivity contribution in [2.75, 3.05) is 19.7 Å². The van der Waals surface area contributed by atoms with E-state index in [4.69, 9.17) is 9.47 Å². The van der Waals surface area contributed by atoms with E-state index < -0.39 is 0 Å². The quantitative estimate of drug-likeness (QED) is 0.839. The van der Waals surface area contributed by atoms with Crippen molar-refractivity contribution in [1.82, 2.24) is 14.9 Å². The Morgan fingerprint density at radius 1 is 1.25 bits per heavy atom.